The normalized spacial score (nSPS) is 14.5. The third kappa shape index (κ3) is 4.39. The first-order chi connectivity index (χ1) is 16.1. The summed E-state index contributed by atoms with van der Waals surface area (Å²) in [7, 11) is 1.85. The monoisotopic (exact) mass is 441 g/mol. The van der Waals surface area contributed by atoms with E-state index in [2.05, 4.69) is 4.98 Å². The molecule has 2 amide bonds. The third-order valence-electron chi connectivity index (χ3n) is 6.42. The molecule has 1 aliphatic rings. The molecule has 168 valence electrons. The summed E-state index contributed by atoms with van der Waals surface area (Å²) < 4.78 is 3.89. The summed E-state index contributed by atoms with van der Waals surface area (Å²) in [6.45, 7) is 2.10. The number of carbonyl (C=O) groups is 2. The molecule has 7 nitrogen and oxygen atoms in total. The van der Waals surface area contributed by atoms with E-state index in [4.69, 9.17) is 0 Å². The number of likely N-dealkylation sites (tertiary alicyclic amines) is 1. The lowest BCUT2D eigenvalue weighted by Gasteiger charge is -2.34. The Morgan fingerprint density at radius 2 is 1.76 bits per heavy atom. The highest BCUT2D eigenvalue weighted by atomic mass is 16.2. The average molecular weight is 442 g/mol. The van der Waals surface area contributed by atoms with Gasteiger partial charge in [-0.2, -0.15) is 0 Å². The van der Waals surface area contributed by atoms with E-state index in [0.717, 1.165) is 24.2 Å². The second kappa shape index (κ2) is 8.94. The number of hydrogen-bond donors (Lipinski definition) is 0. The van der Waals surface area contributed by atoms with Gasteiger partial charge in [0.05, 0.1) is 0 Å². The smallest absolute Gasteiger partial charge is 0.253 e. The molecule has 7 heteroatoms. The van der Waals surface area contributed by atoms with Gasteiger partial charge in [0.25, 0.3) is 11.8 Å². The lowest BCUT2D eigenvalue weighted by atomic mass is 9.95. The average Bonchev–Trinajstić information content (AvgIpc) is 3.55. The van der Waals surface area contributed by atoms with E-state index in [1.165, 1.54) is 0 Å². The minimum Gasteiger partial charge on any atom is -0.341 e. The van der Waals surface area contributed by atoms with Gasteiger partial charge in [-0.05, 0) is 61.2 Å². The molecule has 4 heterocycles. The van der Waals surface area contributed by atoms with Crippen LogP contribution in [0.25, 0.3) is 11.3 Å². The summed E-state index contributed by atoms with van der Waals surface area (Å²) in [6, 6.07) is 15.3. The molecule has 0 N–H and O–H groups in total. The standard InChI is InChI=1S/C26H27N5O2/c1-28(25(32)22-9-15-30-16-10-27-24(30)18-22)19-20-7-13-31(14-8-20)26(33)21-5-4-6-23(17-21)29-11-2-3-12-29/h2-6,9-12,15-18,20H,7-8,13-14,19H2,1H3. The molecule has 0 unspecified atom stereocenters. The molecule has 0 atom stereocenters. The van der Waals surface area contributed by atoms with Crippen LogP contribution in [0, 0.1) is 5.92 Å². The number of amides is 2. The molecule has 0 spiro atoms. The number of carbonyl (C=O) groups excluding carboxylic acids is 2. The maximum Gasteiger partial charge on any atom is 0.253 e. The van der Waals surface area contributed by atoms with Crippen molar-refractivity contribution in [3.8, 4) is 5.69 Å². The number of aromatic nitrogens is 3. The second-order valence-corrected chi connectivity index (χ2v) is 8.67. The SMILES string of the molecule is CN(CC1CCN(C(=O)c2cccc(-n3cccc3)c2)CC1)C(=O)c1ccn2ccnc2c1. The van der Waals surface area contributed by atoms with Crippen LogP contribution in [0.4, 0.5) is 0 Å². The molecule has 1 saturated heterocycles. The molecule has 4 aromatic rings. The van der Waals surface area contributed by atoms with Gasteiger partial charge in [-0.1, -0.05) is 6.07 Å². The number of benzene rings is 1. The van der Waals surface area contributed by atoms with Gasteiger partial charge in [-0.25, -0.2) is 4.98 Å². The van der Waals surface area contributed by atoms with Gasteiger partial charge in [0, 0.05) is 74.5 Å². The van der Waals surface area contributed by atoms with Crippen molar-refractivity contribution in [3.63, 3.8) is 0 Å². The molecule has 1 fully saturated rings. The van der Waals surface area contributed by atoms with Crippen LogP contribution in [0.2, 0.25) is 0 Å². The summed E-state index contributed by atoms with van der Waals surface area (Å²) >= 11 is 0. The van der Waals surface area contributed by atoms with Crippen molar-refractivity contribution in [2.75, 3.05) is 26.7 Å². The molecule has 3 aromatic heterocycles. The van der Waals surface area contributed by atoms with E-state index in [1.807, 2.05) is 94.2 Å². The first-order valence-electron chi connectivity index (χ1n) is 11.3. The van der Waals surface area contributed by atoms with Gasteiger partial charge < -0.3 is 18.8 Å². The highest BCUT2D eigenvalue weighted by Gasteiger charge is 2.26. The molecule has 0 bridgehead atoms. The zero-order chi connectivity index (χ0) is 22.8. The van der Waals surface area contributed by atoms with Crippen LogP contribution in [0.3, 0.4) is 0 Å². The summed E-state index contributed by atoms with van der Waals surface area (Å²) in [5.41, 5.74) is 3.10. The van der Waals surface area contributed by atoms with Crippen molar-refractivity contribution in [2.45, 2.75) is 12.8 Å². The van der Waals surface area contributed by atoms with Gasteiger partial charge in [0.15, 0.2) is 0 Å². The van der Waals surface area contributed by atoms with Crippen LogP contribution >= 0.6 is 0 Å². The van der Waals surface area contributed by atoms with Crippen LogP contribution in [0.1, 0.15) is 33.6 Å². The minimum atomic E-state index is 0.000771. The fraction of sp³-hybridized carbons (Fsp3) is 0.269. The lowest BCUT2D eigenvalue weighted by Crippen LogP contribution is -2.42. The highest BCUT2D eigenvalue weighted by molar-refractivity contribution is 5.95. The zero-order valence-electron chi connectivity index (χ0n) is 18.7. The quantitative estimate of drug-likeness (QED) is 0.474. The molecule has 0 aliphatic carbocycles. The zero-order valence-corrected chi connectivity index (χ0v) is 18.7. The van der Waals surface area contributed by atoms with Gasteiger partial charge in [-0.3, -0.25) is 9.59 Å². The largest absolute Gasteiger partial charge is 0.341 e. The molecule has 0 radical (unpaired) electrons. The third-order valence-corrected chi connectivity index (χ3v) is 6.42. The summed E-state index contributed by atoms with van der Waals surface area (Å²) in [4.78, 5) is 33.9. The molecule has 5 rings (SSSR count). The molecule has 1 aromatic carbocycles. The molecular formula is C26H27N5O2. The van der Waals surface area contributed by atoms with E-state index in [-0.39, 0.29) is 11.8 Å². The van der Waals surface area contributed by atoms with E-state index in [0.29, 0.717) is 36.7 Å². The van der Waals surface area contributed by atoms with Crippen LogP contribution in [-0.4, -0.2) is 62.2 Å². The Morgan fingerprint density at radius 3 is 2.55 bits per heavy atom. The summed E-state index contributed by atoms with van der Waals surface area (Å²) in [5, 5.41) is 0. The first kappa shape index (κ1) is 21.0. The number of fused-ring (bicyclic) bond motifs is 1. The number of piperidine rings is 1. The van der Waals surface area contributed by atoms with Crippen molar-refractivity contribution < 1.29 is 9.59 Å². The molecular weight excluding hydrogens is 414 g/mol. The Hall–Kier alpha value is -3.87. The number of imidazole rings is 1. The second-order valence-electron chi connectivity index (χ2n) is 8.67. The van der Waals surface area contributed by atoms with Crippen LogP contribution in [-0.2, 0) is 0 Å². The lowest BCUT2D eigenvalue weighted by molar-refractivity contribution is 0.0634. The fourth-order valence-corrected chi connectivity index (χ4v) is 4.54. The Kier molecular flexibility index (Phi) is 5.69. The van der Waals surface area contributed by atoms with Gasteiger partial charge >= 0.3 is 0 Å². The van der Waals surface area contributed by atoms with E-state index >= 15 is 0 Å². The number of rotatable bonds is 5. The Balaban J connectivity index is 1.17. The van der Waals surface area contributed by atoms with Gasteiger partial charge in [-0.15, -0.1) is 0 Å². The maximum atomic E-state index is 13.1. The topological polar surface area (TPSA) is 62.8 Å². The Morgan fingerprint density at radius 1 is 0.970 bits per heavy atom. The van der Waals surface area contributed by atoms with Gasteiger partial charge in [0.1, 0.15) is 5.65 Å². The number of nitrogens with zero attached hydrogens (tertiary/aromatic N) is 5. The molecule has 0 saturated carbocycles. The van der Waals surface area contributed by atoms with Crippen molar-refractivity contribution in [2.24, 2.45) is 5.92 Å². The predicted octanol–water partition coefficient (Wildman–Crippen LogP) is 3.75. The Labute approximate surface area is 192 Å². The van der Waals surface area contributed by atoms with Crippen LogP contribution in [0.5, 0.6) is 0 Å². The van der Waals surface area contributed by atoms with E-state index in [1.54, 1.807) is 11.1 Å². The van der Waals surface area contributed by atoms with Crippen molar-refractivity contribution in [1.82, 2.24) is 23.8 Å². The van der Waals surface area contributed by atoms with Crippen molar-refractivity contribution in [3.05, 3.63) is 90.6 Å². The van der Waals surface area contributed by atoms with Gasteiger partial charge in [0.2, 0.25) is 0 Å². The van der Waals surface area contributed by atoms with Crippen molar-refractivity contribution in [1.29, 1.82) is 0 Å². The minimum absolute atomic E-state index is 0.000771. The van der Waals surface area contributed by atoms with Crippen LogP contribution < -0.4 is 0 Å². The number of pyridine rings is 1. The Bertz CT molecular complexity index is 1270. The molecule has 1 aliphatic heterocycles. The summed E-state index contributed by atoms with van der Waals surface area (Å²) in [6.07, 6.45) is 11.2. The molecule has 33 heavy (non-hydrogen) atoms. The van der Waals surface area contributed by atoms with Crippen LogP contribution in [0.15, 0.2) is 79.5 Å². The highest BCUT2D eigenvalue weighted by Crippen LogP contribution is 2.22. The predicted molar refractivity (Wildman–Crippen MR) is 127 cm³/mol. The van der Waals surface area contributed by atoms with E-state index in [9.17, 15) is 9.59 Å². The maximum absolute atomic E-state index is 13.1. The van der Waals surface area contributed by atoms with Crippen molar-refractivity contribution >= 4 is 17.5 Å². The number of hydrogen-bond acceptors (Lipinski definition) is 3. The fourth-order valence-electron chi connectivity index (χ4n) is 4.54. The first-order valence-corrected chi connectivity index (χ1v) is 11.3. The van der Waals surface area contributed by atoms with E-state index < -0.39 is 0 Å². The summed E-state index contributed by atoms with van der Waals surface area (Å²) in [5.74, 6) is 0.449.